The summed E-state index contributed by atoms with van der Waals surface area (Å²) >= 11 is 0. The molecule has 1 N–H and O–H groups in total. The number of carbonyl (C=O) groups excluding carboxylic acids is 2. The maximum absolute atomic E-state index is 13.0. The Morgan fingerprint density at radius 3 is 2.38 bits per heavy atom. The molecule has 1 aliphatic heterocycles. The number of benzene rings is 1. The highest BCUT2D eigenvalue weighted by Crippen LogP contribution is 2.31. The van der Waals surface area contributed by atoms with Gasteiger partial charge in [-0.15, -0.1) is 0 Å². The van der Waals surface area contributed by atoms with Crippen molar-refractivity contribution in [3.8, 4) is 0 Å². The Bertz CT molecular complexity index is 662. The van der Waals surface area contributed by atoms with Crippen molar-refractivity contribution in [2.75, 3.05) is 46.4 Å². The number of hydrogen-bond acceptors (Lipinski definition) is 4. The highest BCUT2D eigenvalue weighted by Gasteiger charge is 2.37. The zero-order valence-electron chi connectivity index (χ0n) is 17.9. The third-order valence-electron chi connectivity index (χ3n) is 6.23. The number of carbonyl (C=O) groups is 2. The van der Waals surface area contributed by atoms with Crippen LogP contribution in [0.5, 0.6) is 0 Å². The number of nitrogens with one attached hydrogen (secondary N) is 1. The zero-order chi connectivity index (χ0) is 20.6. The maximum Gasteiger partial charge on any atom is 0.253 e. The summed E-state index contributed by atoms with van der Waals surface area (Å²) in [7, 11) is 1.68. The van der Waals surface area contributed by atoms with Crippen LogP contribution in [-0.4, -0.2) is 74.1 Å². The van der Waals surface area contributed by atoms with Crippen molar-refractivity contribution in [3.63, 3.8) is 0 Å². The average Bonchev–Trinajstić information content (AvgIpc) is 3.26. The lowest BCUT2D eigenvalue weighted by Gasteiger charge is -2.40. The predicted octanol–water partition coefficient (Wildman–Crippen LogP) is 2.46. The van der Waals surface area contributed by atoms with Crippen LogP contribution in [0, 0.1) is 12.8 Å². The Labute approximate surface area is 174 Å². The minimum absolute atomic E-state index is 0.0725. The molecule has 2 aliphatic rings. The molecule has 1 saturated heterocycles. The normalized spacial score (nSPS) is 19.3. The first-order valence-corrected chi connectivity index (χ1v) is 11.0. The first-order chi connectivity index (χ1) is 14.1. The smallest absolute Gasteiger partial charge is 0.253 e. The number of piperazine rings is 1. The van der Waals surface area contributed by atoms with E-state index in [1.165, 1.54) is 12.8 Å². The molecular weight excluding hydrogens is 366 g/mol. The third-order valence-corrected chi connectivity index (χ3v) is 6.23. The van der Waals surface area contributed by atoms with Gasteiger partial charge in [-0.25, -0.2) is 0 Å². The number of amides is 2. The second-order valence-electron chi connectivity index (χ2n) is 8.32. The monoisotopic (exact) mass is 401 g/mol. The predicted molar refractivity (Wildman–Crippen MR) is 114 cm³/mol. The van der Waals surface area contributed by atoms with Crippen LogP contribution in [0.25, 0.3) is 0 Å². The van der Waals surface area contributed by atoms with Gasteiger partial charge in [0.05, 0.1) is 6.04 Å². The van der Waals surface area contributed by atoms with Crippen molar-refractivity contribution in [3.05, 3.63) is 35.4 Å². The quantitative estimate of drug-likeness (QED) is 0.680. The molecule has 1 aromatic rings. The van der Waals surface area contributed by atoms with Crippen LogP contribution in [0.4, 0.5) is 0 Å². The van der Waals surface area contributed by atoms with E-state index in [1.54, 1.807) is 7.11 Å². The molecule has 1 unspecified atom stereocenters. The maximum atomic E-state index is 13.0. The minimum Gasteiger partial charge on any atom is -0.385 e. The van der Waals surface area contributed by atoms with Gasteiger partial charge in [0, 0.05) is 52.0 Å². The van der Waals surface area contributed by atoms with Gasteiger partial charge in [-0.3, -0.25) is 14.5 Å². The van der Waals surface area contributed by atoms with E-state index in [4.69, 9.17) is 4.74 Å². The second-order valence-corrected chi connectivity index (χ2v) is 8.32. The van der Waals surface area contributed by atoms with Crippen LogP contribution in [0.1, 0.15) is 48.0 Å². The Hall–Kier alpha value is -1.92. The largest absolute Gasteiger partial charge is 0.385 e. The van der Waals surface area contributed by atoms with E-state index in [-0.39, 0.29) is 17.9 Å². The summed E-state index contributed by atoms with van der Waals surface area (Å²) in [5, 5.41) is 3.12. The minimum atomic E-state index is -0.0725. The van der Waals surface area contributed by atoms with Crippen LogP contribution >= 0.6 is 0 Å². The number of hydrogen-bond donors (Lipinski definition) is 1. The van der Waals surface area contributed by atoms with E-state index in [0.717, 1.165) is 43.5 Å². The van der Waals surface area contributed by atoms with E-state index < -0.39 is 0 Å². The number of aryl methyl sites for hydroxylation is 1. The summed E-state index contributed by atoms with van der Waals surface area (Å²) in [6.45, 7) is 6.20. The average molecular weight is 402 g/mol. The molecule has 3 rings (SSSR count). The Morgan fingerprint density at radius 1 is 1.10 bits per heavy atom. The zero-order valence-corrected chi connectivity index (χ0v) is 17.9. The van der Waals surface area contributed by atoms with E-state index >= 15 is 0 Å². The van der Waals surface area contributed by atoms with Crippen LogP contribution < -0.4 is 5.32 Å². The van der Waals surface area contributed by atoms with Crippen LogP contribution in [-0.2, 0) is 9.53 Å². The molecule has 1 heterocycles. The molecule has 6 heteroatoms. The fraction of sp³-hybridized carbons (Fsp3) is 0.652. The van der Waals surface area contributed by atoms with Crippen LogP contribution in [0.2, 0.25) is 0 Å². The summed E-state index contributed by atoms with van der Waals surface area (Å²) in [4.78, 5) is 30.0. The van der Waals surface area contributed by atoms with E-state index in [0.29, 0.717) is 32.2 Å². The second kappa shape index (κ2) is 10.7. The Kier molecular flexibility index (Phi) is 8.07. The first-order valence-electron chi connectivity index (χ1n) is 11.0. The number of methoxy groups -OCH3 is 1. The SMILES string of the molecule is COCCCNC(=O)C(C1CCCC1)N1CCN(C(=O)c2ccc(C)cc2)CC1. The third kappa shape index (κ3) is 5.80. The molecule has 0 radical (unpaired) electrons. The van der Waals surface area contributed by atoms with Gasteiger partial charge in [0.1, 0.15) is 0 Å². The fourth-order valence-electron chi connectivity index (χ4n) is 4.57. The lowest BCUT2D eigenvalue weighted by molar-refractivity contribution is -0.129. The highest BCUT2D eigenvalue weighted by atomic mass is 16.5. The van der Waals surface area contributed by atoms with Gasteiger partial charge >= 0.3 is 0 Å². The van der Waals surface area contributed by atoms with Crippen molar-refractivity contribution in [1.29, 1.82) is 0 Å². The van der Waals surface area contributed by atoms with Crippen molar-refractivity contribution >= 4 is 11.8 Å². The number of ether oxygens (including phenoxy) is 1. The number of nitrogens with zero attached hydrogens (tertiary/aromatic N) is 2. The van der Waals surface area contributed by atoms with Crippen molar-refractivity contribution < 1.29 is 14.3 Å². The van der Waals surface area contributed by atoms with E-state index in [9.17, 15) is 9.59 Å². The first kappa shape index (κ1) is 21.8. The van der Waals surface area contributed by atoms with Gasteiger partial charge in [-0.2, -0.15) is 0 Å². The van der Waals surface area contributed by atoms with Gasteiger partial charge in [-0.05, 0) is 44.2 Å². The molecule has 0 bridgehead atoms. The van der Waals surface area contributed by atoms with Crippen molar-refractivity contribution in [2.24, 2.45) is 5.92 Å². The topological polar surface area (TPSA) is 61.9 Å². The molecule has 0 spiro atoms. The van der Waals surface area contributed by atoms with Crippen LogP contribution in [0.15, 0.2) is 24.3 Å². The van der Waals surface area contributed by atoms with Gasteiger partial charge in [0.2, 0.25) is 5.91 Å². The highest BCUT2D eigenvalue weighted by molar-refractivity contribution is 5.94. The molecule has 1 saturated carbocycles. The number of rotatable bonds is 8. The summed E-state index contributed by atoms with van der Waals surface area (Å²) in [6, 6.07) is 7.69. The standard InChI is InChI=1S/C23H35N3O3/c1-18-8-10-20(11-9-18)23(28)26-15-13-25(14-16-26)21(19-6-3-4-7-19)22(27)24-12-5-17-29-2/h8-11,19,21H,3-7,12-17H2,1-2H3,(H,24,27). The lowest BCUT2D eigenvalue weighted by atomic mass is 9.95. The molecule has 0 aromatic heterocycles. The molecule has 1 atom stereocenters. The summed E-state index contributed by atoms with van der Waals surface area (Å²) in [5.74, 6) is 0.661. The van der Waals surface area contributed by atoms with E-state index in [1.807, 2.05) is 36.1 Å². The lowest BCUT2D eigenvalue weighted by Crippen LogP contribution is -2.58. The Morgan fingerprint density at radius 2 is 1.76 bits per heavy atom. The van der Waals surface area contributed by atoms with Gasteiger partial charge in [0.15, 0.2) is 0 Å². The van der Waals surface area contributed by atoms with Gasteiger partial charge < -0.3 is 15.0 Å². The van der Waals surface area contributed by atoms with E-state index in [2.05, 4.69) is 10.2 Å². The van der Waals surface area contributed by atoms with Crippen molar-refractivity contribution in [1.82, 2.24) is 15.1 Å². The molecule has 29 heavy (non-hydrogen) atoms. The fourth-order valence-corrected chi connectivity index (χ4v) is 4.57. The summed E-state index contributed by atoms with van der Waals surface area (Å²) in [6.07, 6.45) is 5.50. The van der Waals surface area contributed by atoms with Crippen LogP contribution in [0.3, 0.4) is 0 Å². The molecule has 2 amide bonds. The van der Waals surface area contributed by atoms with Gasteiger partial charge in [-0.1, -0.05) is 30.5 Å². The molecule has 1 aromatic carbocycles. The molecule has 2 fully saturated rings. The molecule has 160 valence electrons. The van der Waals surface area contributed by atoms with Crippen molar-refractivity contribution in [2.45, 2.75) is 45.1 Å². The molecule has 6 nitrogen and oxygen atoms in total. The molecular formula is C23H35N3O3. The molecule has 1 aliphatic carbocycles. The Balaban J connectivity index is 1.58. The summed E-state index contributed by atoms with van der Waals surface area (Å²) < 4.78 is 5.08. The summed E-state index contributed by atoms with van der Waals surface area (Å²) in [5.41, 5.74) is 1.90. The van der Waals surface area contributed by atoms with Gasteiger partial charge in [0.25, 0.3) is 5.91 Å².